The molecule has 0 unspecified atom stereocenters. The molecule has 1 aliphatic heterocycles. The first-order valence-corrected chi connectivity index (χ1v) is 3.30. The predicted octanol–water partition coefficient (Wildman–Crippen LogP) is 2.01. The monoisotopic (exact) mass is 205 g/mol. The van der Waals surface area contributed by atoms with Crippen LogP contribution in [0.2, 0.25) is 0 Å². The van der Waals surface area contributed by atoms with Crippen LogP contribution in [-0.2, 0) is 0 Å². The molecular weight excluding hydrogens is 200 g/mol. The first kappa shape index (κ1) is 10.4. The van der Waals surface area contributed by atoms with Gasteiger partial charge in [-0.05, 0) is 0 Å². The van der Waals surface area contributed by atoms with Gasteiger partial charge in [-0.1, -0.05) is 0 Å². The molecule has 0 atom stereocenters. The molecule has 0 saturated heterocycles. The van der Waals surface area contributed by atoms with Crippen LogP contribution in [0.25, 0.3) is 0 Å². The van der Waals surface area contributed by atoms with Gasteiger partial charge in [0.1, 0.15) is 0 Å². The van der Waals surface area contributed by atoms with Crippen molar-refractivity contribution in [3.05, 3.63) is 11.1 Å². The molecule has 1 N–H and O–H groups in total. The van der Waals surface area contributed by atoms with Crippen molar-refractivity contribution in [3.63, 3.8) is 0 Å². The zero-order valence-corrected chi connectivity index (χ0v) is 6.18. The van der Waals surface area contributed by atoms with Crippen LogP contribution >= 0.6 is 0 Å². The third-order valence-corrected chi connectivity index (χ3v) is 1.65. The summed E-state index contributed by atoms with van der Waals surface area (Å²) < 4.78 is 71.7. The minimum Gasteiger partial charge on any atom is -0.309 e. The van der Waals surface area contributed by atoms with Gasteiger partial charge in [0, 0.05) is 13.1 Å². The molecule has 13 heavy (non-hydrogen) atoms. The summed E-state index contributed by atoms with van der Waals surface area (Å²) in [5.41, 5.74) is -3.03. The van der Waals surface area contributed by atoms with Crippen LogP contribution in [0.5, 0.6) is 0 Å². The second kappa shape index (κ2) is 2.90. The Labute approximate surface area is 69.4 Å². The Bertz CT molecular complexity index is 210. The molecule has 7 heteroatoms. The zero-order chi connectivity index (χ0) is 10.3. The molecule has 0 fully saturated rings. The molecule has 0 amide bonds. The summed E-state index contributed by atoms with van der Waals surface area (Å²) >= 11 is 0. The van der Waals surface area contributed by atoms with Gasteiger partial charge < -0.3 is 5.32 Å². The maximum absolute atomic E-state index is 11.9. The van der Waals surface area contributed by atoms with E-state index < -0.39 is 36.6 Å². The van der Waals surface area contributed by atoms with E-state index in [1.54, 1.807) is 0 Å². The van der Waals surface area contributed by atoms with E-state index in [-0.39, 0.29) is 0 Å². The molecular formula is C6H5F6N. The number of hydrogen-bond acceptors (Lipinski definition) is 1. The fourth-order valence-corrected chi connectivity index (χ4v) is 1.07. The Morgan fingerprint density at radius 2 is 1.08 bits per heavy atom. The molecule has 0 aromatic heterocycles. The van der Waals surface area contributed by atoms with Crippen molar-refractivity contribution in [2.45, 2.75) is 12.4 Å². The summed E-state index contributed by atoms with van der Waals surface area (Å²) in [6.07, 6.45) is -9.79. The highest BCUT2D eigenvalue weighted by Gasteiger charge is 2.47. The van der Waals surface area contributed by atoms with Gasteiger partial charge in [-0.15, -0.1) is 0 Å². The van der Waals surface area contributed by atoms with Crippen LogP contribution in [0.15, 0.2) is 11.1 Å². The normalized spacial score (nSPS) is 19.8. The minimum absolute atomic E-state index is 0.766. The number of alkyl halides is 6. The molecule has 0 radical (unpaired) electrons. The van der Waals surface area contributed by atoms with Crippen molar-refractivity contribution in [1.82, 2.24) is 5.32 Å². The summed E-state index contributed by atoms with van der Waals surface area (Å²) in [5, 5.41) is 2.02. The first-order valence-electron chi connectivity index (χ1n) is 3.30. The Kier molecular flexibility index (Phi) is 2.31. The highest BCUT2D eigenvalue weighted by molar-refractivity contribution is 5.30. The standard InChI is InChI=1S/C6H5F6N/c7-5(8,9)3-1-13-2-4(3)6(10,11)12/h13H,1-2H2. The molecule has 0 bridgehead atoms. The first-order chi connectivity index (χ1) is 5.73. The summed E-state index contributed by atoms with van der Waals surface area (Å²) in [6.45, 7) is -1.53. The quantitative estimate of drug-likeness (QED) is 0.471. The maximum atomic E-state index is 11.9. The maximum Gasteiger partial charge on any atom is 0.414 e. The summed E-state index contributed by atoms with van der Waals surface area (Å²) in [4.78, 5) is 0. The lowest BCUT2D eigenvalue weighted by Gasteiger charge is -2.12. The minimum atomic E-state index is -4.89. The lowest BCUT2D eigenvalue weighted by Crippen LogP contribution is -2.21. The molecule has 76 valence electrons. The molecule has 1 rings (SSSR count). The van der Waals surface area contributed by atoms with Gasteiger partial charge in [0.05, 0.1) is 11.1 Å². The van der Waals surface area contributed by atoms with Gasteiger partial charge in [-0.25, -0.2) is 0 Å². The fourth-order valence-electron chi connectivity index (χ4n) is 1.07. The van der Waals surface area contributed by atoms with E-state index in [9.17, 15) is 26.3 Å². The van der Waals surface area contributed by atoms with E-state index in [4.69, 9.17) is 0 Å². The zero-order valence-electron chi connectivity index (χ0n) is 6.18. The lowest BCUT2D eigenvalue weighted by molar-refractivity contribution is -0.113. The smallest absolute Gasteiger partial charge is 0.309 e. The third kappa shape index (κ3) is 2.15. The average molecular weight is 205 g/mol. The lowest BCUT2D eigenvalue weighted by atomic mass is 10.1. The van der Waals surface area contributed by atoms with Crippen molar-refractivity contribution in [2.75, 3.05) is 13.1 Å². The Morgan fingerprint density at radius 1 is 0.769 bits per heavy atom. The van der Waals surface area contributed by atoms with E-state index in [0.29, 0.717) is 0 Å². The van der Waals surface area contributed by atoms with Gasteiger partial charge in [-0.2, -0.15) is 26.3 Å². The number of hydrogen-bond donors (Lipinski definition) is 1. The van der Waals surface area contributed by atoms with Crippen molar-refractivity contribution in [2.24, 2.45) is 0 Å². The van der Waals surface area contributed by atoms with E-state index in [2.05, 4.69) is 0 Å². The van der Waals surface area contributed by atoms with Crippen molar-refractivity contribution >= 4 is 0 Å². The summed E-state index contributed by atoms with van der Waals surface area (Å²) in [5.74, 6) is 0. The SMILES string of the molecule is FC(F)(F)C1=C(C(F)(F)F)CNC1. The van der Waals surface area contributed by atoms with Crippen LogP contribution < -0.4 is 5.32 Å². The Hall–Kier alpha value is -0.720. The van der Waals surface area contributed by atoms with Gasteiger partial charge in [0.2, 0.25) is 0 Å². The number of halogens is 6. The molecule has 0 saturated carbocycles. The third-order valence-electron chi connectivity index (χ3n) is 1.65. The predicted molar refractivity (Wildman–Crippen MR) is 32.0 cm³/mol. The van der Waals surface area contributed by atoms with E-state index in [1.165, 1.54) is 0 Å². The largest absolute Gasteiger partial charge is 0.414 e. The number of rotatable bonds is 0. The Balaban J connectivity index is 3.04. The summed E-state index contributed by atoms with van der Waals surface area (Å²) in [6, 6.07) is 0. The van der Waals surface area contributed by atoms with Gasteiger partial charge in [0.15, 0.2) is 0 Å². The molecule has 0 aliphatic carbocycles. The van der Waals surface area contributed by atoms with Crippen LogP contribution in [-0.4, -0.2) is 25.4 Å². The van der Waals surface area contributed by atoms with Gasteiger partial charge in [-0.3, -0.25) is 0 Å². The van der Waals surface area contributed by atoms with Crippen LogP contribution in [0.1, 0.15) is 0 Å². The van der Waals surface area contributed by atoms with E-state index >= 15 is 0 Å². The van der Waals surface area contributed by atoms with E-state index in [0.717, 1.165) is 0 Å². The molecule has 0 aromatic rings. The molecule has 1 heterocycles. The van der Waals surface area contributed by atoms with Crippen molar-refractivity contribution in [1.29, 1.82) is 0 Å². The topological polar surface area (TPSA) is 12.0 Å². The summed E-state index contributed by atoms with van der Waals surface area (Å²) in [7, 11) is 0. The number of nitrogens with one attached hydrogen (secondary N) is 1. The molecule has 0 spiro atoms. The van der Waals surface area contributed by atoms with Gasteiger partial charge in [0.25, 0.3) is 0 Å². The van der Waals surface area contributed by atoms with E-state index in [1.807, 2.05) is 5.32 Å². The Morgan fingerprint density at radius 3 is 1.31 bits per heavy atom. The fraction of sp³-hybridized carbons (Fsp3) is 0.667. The second-order valence-corrected chi connectivity index (χ2v) is 2.56. The molecule has 0 aromatic carbocycles. The highest BCUT2D eigenvalue weighted by Crippen LogP contribution is 2.37. The van der Waals surface area contributed by atoms with Crippen LogP contribution in [0.4, 0.5) is 26.3 Å². The highest BCUT2D eigenvalue weighted by atomic mass is 19.4. The molecule has 1 aliphatic rings. The second-order valence-electron chi connectivity index (χ2n) is 2.56. The van der Waals surface area contributed by atoms with Crippen molar-refractivity contribution in [3.8, 4) is 0 Å². The molecule has 1 nitrogen and oxygen atoms in total. The van der Waals surface area contributed by atoms with Crippen LogP contribution in [0, 0.1) is 0 Å². The van der Waals surface area contributed by atoms with Crippen LogP contribution in [0.3, 0.4) is 0 Å². The van der Waals surface area contributed by atoms with Gasteiger partial charge >= 0.3 is 12.4 Å². The average Bonchev–Trinajstić information content (AvgIpc) is 2.27. The van der Waals surface area contributed by atoms with Crippen molar-refractivity contribution < 1.29 is 26.3 Å².